The zero-order valence-electron chi connectivity index (χ0n) is 10.2. The highest BCUT2D eigenvalue weighted by molar-refractivity contribution is 5.85. The molecule has 0 fully saturated rings. The van der Waals surface area contributed by atoms with Gasteiger partial charge in [0.05, 0.1) is 7.11 Å². The molecule has 0 aromatic carbocycles. The van der Waals surface area contributed by atoms with Crippen molar-refractivity contribution >= 4 is 18.0 Å². The molecule has 0 rings (SSSR count). The van der Waals surface area contributed by atoms with Crippen molar-refractivity contribution in [1.82, 2.24) is 5.32 Å². The van der Waals surface area contributed by atoms with Gasteiger partial charge in [-0.3, -0.25) is 0 Å². The Hall–Kier alpha value is -1.79. The molecule has 7 nitrogen and oxygen atoms in total. The van der Waals surface area contributed by atoms with Crippen LogP contribution in [0.25, 0.3) is 0 Å². The van der Waals surface area contributed by atoms with Gasteiger partial charge in [0.1, 0.15) is 11.6 Å². The number of carboxylic acid groups (broad SMARTS) is 1. The maximum Gasteiger partial charge on any atom is 0.408 e. The summed E-state index contributed by atoms with van der Waals surface area (Å²) in [5.41, 5.74) is -0.744. The topological polar surface area (TPSA) is 105 Å². The first-order chi connectivity index (χ1) is 7.65. The van der Waals surface area contributed by atoms with E-state index in [9.17, 15) is 19.5 Å². The van der Waals surface area contributed by atoms with Gasteiger partial charge in [-0.1, -0.05) is 0 Å². The van der Waals surface area contributed by atoms with Crippen LogP contribution in [0.1, 0.15) is 27.2 Å². The van der Waals surface area contributed by atoms with E-state index in [4.69, 9.17) is 4.74 Å². The number of ether oxygens (including phenoxy) is 2. The third-order valence-electron chi connectivity index (χ3n) is 1.55. The van der Waals surface area contributed by atoms with Crippen molar-refractivity contribution in [3.8, 4) is 0 Å². The monoisotopic (exact) mass is 246 g/mol. The number of methoxy groups -OCH3 is 1. The molecule has 1 unspecified atom stereocenters. The van der Waals surface area contributed by atoms with E-state index in [2.05, 4.69) is 10.1 Å². The van der Waals surface area contributed by atoms with E-state index in [1.54, 1.807) is 20.8 Å². The van der Waals surface area contributed by atoms with Crippen LogP contribution in [-0.4, -0.2) is 36.8 Å². The van der Waals surface area contributed by atoms with Crippen LogP contribution < -0.4 is 10.4 Å². The van der Waals surface area contributed by atoms with E-state index in [0.717, 1.165) is 7.11 Å². The summed E-state index contributed by atoms with van der Waals surface area (Å²) in [5.74, 6) is -2.35. The Kier molecular flexibility index (Phi) is 5.43. The average molecular weight is 246 g/mol. The van der Waals surface area contributed by atoms with E-state index in [0.29, 0.717) is 0 Å². The molecule has 0 bridgehead atoms. The second kappa shape index (κ2) is 6.07. The van der Waals surface area contributed by atoms with Gasteiger partial charge in [-0.2, -0.15) is 0 Å². The second-order valence-corrected chi connectivity index (χ2v) is 4.30. The Morgan fingerprint density at radius 2 is 1.82 bits per heavy atom. The van der Waals surface area contributed by atoms with Crippen molar-refractivity contribution in [3.05, 3.63) is 0 Å². The molecule has 0 radical (unpaired) electrons. The van der Waals surface area contributed by atoms with Gasteiger partial charge in [-0.15, -0.1) is 0 Å². The quantitative estimate of drug-likeness (QED) is 0.650. The fourth-order valence-electron chi connectivity index (χ4n) is 0.952. The minimum Gasteiger partial charge on any atom is -0.550 e. The van der Waals surface area contributed by atoms with Gasteiger partial charge in [0.2, 0.25) is 0 Å². The van der Waals surface area contributed by atoms with Crippen LogP contribution in [0.15, 0.2) is 0 Å². The number of hydrogen-bond acceptors (Lipinski definition) is 6. The largest absolute Gasteiger partial charge is 0.550 e. The lowest BCUT2D eigenvalue weighted by Gasteiger charge is -2.22. The SMILES string of the molecule is COC(=O)C(CC(=O)[O-])NC(=O)OC(C)(C)C. The lowest BCUT2D eigenvalue weighted by atomic mass is 10.2. The van der Waals surface area contributed by atoms with Gasteiger partial charge in [0.15, 0.2) is 0 Å². The fraction of sp³-hybridized carbons (Fsp3) is 0.700. The summed E-state index contributed by atoms with van der Waals surface area (Å²) < 4.78 is 9.22. The molecule has 0 aliphatic heterocycles. The number of esters is 1. The molecule has 0 saturated heterocycles. The number of carboxylic acids is 1. The summed E-state index contributed by atoms with van der Waals surface area (Å²) in [4.78, 5) is 32.9. The minimum atomic E-state index is -1.48. The van der Waals surface area contributed by atoms with Crippen LogP contribution in [0.2, 0.25) is 0 Å². The molecule has 17 heavy (non-hydrogen) atoms. The Bertz CT molecular complexity index is 306. The summed E-state index contributed by atoms with van der Waals surface area (Å²) in [6.45, 7) is 4.91. The number of carbonyl (C=O) groups is 3. The minimum absolute atomic E-state index is 0.675. The van der Waals surface area contributed by atoms with Crippen LogP contribution in [0, 0.1) is 0 Å². The number of hydrogen-bond donors (Lipinski definition) is 1. The van der Waals surface area contributed by atoms with Gasteiger partial charge in [0.25, 0.3) is 0 Å². The van der Waals surface area contributed by atoms with Crippen molar-refractivity contribution in [2.24, 2.45) is 0 Å². The molecule has 0 aromatic rings. The van der Waals surface area contributed by atoms with E-state index in [1.165, 1.54) is 0 Å². The molecular weight excluding hydrogens is 230 g/mol. The summed E-state index contributed by atoms with van der Waals surface area (Å²) in [6, 6.07) is -1.32. The van der Waals surface area contributed by atoms with Crippen molar-refractivity contribution in [3.63, 3.8) is 0 Å². The number of carbonyl (C=O) groups excluding carboxylic acids is 3. The standard InChI is InChI=1S/C10H17NO6/c1-10(2,3)17-9(15)11-6(5-7(12)13)8(14)16-4/h6H,5H2,1-4H3,(H,11,15)(H,12,13)/p-1. The van der Waals surface area contributed by atoms with Gasteiger partial charge < -0.3 is 24.7 Å². The summed E-state index contributed by atoms with van der Waals surface area (Å²) in [5, 5.41) is 12.5. The van der Waals surface area contributed by atoms with Gasteiger partial charge in [-0.25, -0.2) is 9.59 Å². The Balaban J connectivity index is 4.48. The molecule has 1 atom stereocenters. The van der Waals surface area contributed by atoms with Crippen LogP contribution >= 0.6 is 0 Å². The van der Waals surface area contributed by atoms with Gasteiger partial charge in [0, 0.05) is 12.4 Å². The van der Waals surface area contributed by atoms with Crippen LogP contribution in [-0.2, 0) is 19.1 Å². The van der Waals surface area contributed by atoms with Crippen molar-refractivity contribution in [1.29, 1.82) is 0 Å². The molecular formula is C10H16NO6-. The number of amides is 1. The number of alkyl carbamates (subject to hydrolysis) is 1. The molecule has 0 saturated carbocycles. The fourth-order valence-corrected chi connectivity index (χ4v) is 0.952. The number of nitrogens with one attached hydrogen (secondary N) is 1. The first kappa shape index (κ1) is 15.2. The Morgan fingerprint density at radius 1 is 1.29 bits per heavy atom. The number of aliphatic carboxylic acids is 1. The molecule has 1 N–H and O–H groups in total. The van der Waals surface area contributed by atoms with Gasteiger partial charge >= 0.3 is 12.1 Å². The molecule has 0 aliphatic carbocycles. The van der Waals surface area contributed by atoms with E-state index in [1.807, 2.05) is 0 Å². The first-order valence-corrected chi connectivity index (χ1v) is 4.93. The van der Waals surface area contributed by atoms with Crippen molar-refractivity contribution < 1.29 is 29.0 Å². The maximum absolute atomic E-state index is 11.3. The lowest BCUT2D eigenvalue weighted by Crippen LogP contribution is -2.46. The van der Waals surface area contributed by atoms with Crippen molar-refractivity contribution in [2.75, 3.05) is 7.11 Å². The van der Waals surface area contributed by atoms with E-state index in [-0.39, 0.29) is 0 Å². The molecule has 7 heteroatoms. The van der Waals surface area contributed by atoms with Crippen LogP contribution in [0.4, 0.5) is 4.79 Å². The zero-order chi connectivity index (χ0) is 13.6. The molecule has 0 aliphatic rings. The highest BCUT2D eigenvalue weighted by atomic mass is 16.6. The smallest absolute Gasteiger partial charge is 0.408 e. The van der Waals surface area contributed by atoms with E-state index >= 15 is 0 Å². The third kappa shape index (κ3) is 7.15. The molecule has 0 spiro atoms. The lowest BCUT2D eigenvalue weighted by molar-refractivity contribution is -0.306. The first-order valence-electron chi connectivity index (χ1n) is 4.93. The van der Waals surface area contributed by atoms with Crippen molar-refractivity contribution in [2.45, 2.75) is 38.8 Å². The summed E-state index contributed by atoms with van der Waals surface area (Å²) in [6.07, 6.45) is -1.57. The Morgan fingerprint density at radius 3 is 2.18 bits per heavy atom. The summed E-state index contributed by atoms with van der Waals surface area (Å²) in [7, 11) is 1.08. The average Bonchev–Trinajstić information content (AvgIpc) is 2.11. The number of rotatable bonds is 4. The highest BCUT2D eigenvalue weighted by Gasteiger charge is 2.24. The summed E-state index contributed by atoms with van der Waals surface area (Å²) >= 11 is 0. The normalized spacial score (nSPS) is 12.5. The molecule has 1 amide bonds. The van der Waals surface area contributed by atoms with Gasteiger partial charge in [-0.05, 0) is 20.8 Å². The molecule has 0 heterocycles. The van der Waals surface area contributed by atoms with Crippen LogP contribution in [0.3, 0.4) is 0 Å². The highest BCUT2D eigenvalue weighted by Crippen LogP contribution is 2.07. The molecule has 98 valence electrons. The van der Waals surface area contributed by atoms with E-state index < -0.39 is 36.1 Å². The third-order valence-corrected chi connectivity index (χ3v) is 1.55. The maximum atomic E-state index is 11.3. The molecule has 0 aromatic heterocycles. The van der Waals surface area contributed by atoms with Crippen LogP contribution in [0.5, 0.6) is 0 Å². The predicted molar refractivity (Wildman–Crippen MR) is 54.8 cm³/mol. The second-order valence-electron chi connectivity index (χ2n) is 4.30. The zero-order valence-corrected chi connectivity index (χ0v) is 10.2. The predicted octanol–water partition coefficient (Wildman–Crippen LogP) is -0.807. The Labute approximate surface area is 99.1 Å².